The predicted molar refractivity (Wildman–Crippen MR) is 292 cm³/mol. The van der Waals surface area contributed by atoms with Gasteiger partial charge in [0.15, 0.2) is 5.96 Å². The second kappa shape index (κ2) is 31.6. The molecule has 0 unspecified atom stereocenters. The fourth-order valence-corrected chi connectivity index (χ4v) is 8.82. The van der Waals surface area contributed by atoms with E-state index in [0.29, 0.717) is 16.7 Å². The van der Waals surface area contributed by atoms with E-state index in [1.165, 1.54) is 17.0 Å². The van der Waals surface area contributed by atoms with Gasteiger partial charge in [-0.25, -0.2) is 0 Å². The van der Waals surface area contributed by atoms with E-state index in [-0.39, 0.29) is 101 Å². The van der Waals surface area contributed by atoms with Crippen molar-refractivity contribution in [2.75, 3.05) is 13.1 Å². The Morgan fingerprint density at radius 3 is 1.58 bits per heavy atom. The highest BCUT2D eigenvalue weighted by atomic mass is 16.3. The van der Waals surface area contributed by atoms with Crippen LogP contribution in [0.1, 0.15) is 88.3 Å². The first-order valence-electron chi connectivity index (χ1n) is 26.2. The molecule has 0 saturated carbocycles. The van der Waals surface area contributed by atoms with Crippen LogP contribution >= 0.6 is 0 Å². The summed E-state index contributed by atoms with van der Waals surface area (Å²) in [6.45, 7) is 3.72. The number of phenolic OH excluding ortho intramolecular Hbond substituents is 1. The Morgan fingerprint density at radius 2 is 1.04 bits per heavy atom. The zero-order valence-electron chi connectivity index (χ0n) is 44.6. The number of aliphatic imine (C=N–C) groups is 1. The number of primary amides is 3. The predicted octanol–water partition coefficient (Wildman–Crippen LogP) is -2.24. The van der Waals surface area contributed by atoms with Gasteiger partial charge in [-0.2, -0.15) is 0 Å². The van der Waals surface area contributed by atoms with Crippen molar-refractivity contribution in [3.63, 3.8) is 0 Å². The van der Waals surface area contributed by atoms with E-state index >= 15 is 0 Å². The van der Waals surface area contributed by atoms with Gasteiger partial charge in [0, 0.05) is 38.8 Å². The fourth-order valence-electron chi connectivity index (χ4n) is 8.82. The molecule has 0 bridgehead atoms. The Balaban J connectivity index is 1.56. The van der Waals surface area contributed by atoms with E-state index in [2.05, 4.69) is 36.9 Å². The first-order valence-corrected chi connectivity index (χ1v) is 26.2. The van der Waals surface area contributed by atoms with E-state index in [1.807, 2.05) is 13.8 Å². The third-order valence-electron chi connectivity index (χ3n) is 13.0. The summed E-state index contributed by atoms with van der Waals surface area (Å²) in [5.74, 6) is -8.33. The molecule has 8 atom stereocenters. The number of nitrogens with one attached hydrogen (secondary N) is 6. The quantitative estimate of drug-likeness (QED) is 0.0179. The van der Waals surface area contributed by atoms with Crippen molar-refractivity contribution in [3.8, 4) is 5.75 Å². The fraction of sp³-hybridized carbons (Fsp3) is 0.463. The van der Waals surface area contributed by atoms with Gasteiger partial charge in [-0.05, 0) is 86.1 Å². The summed E-state index contributed by atoms with van der Waals surface area (Å²) >= 11 is 0. The van der Waals surface area contributed by atoms with Crippen LogP contribution in [0.4, 0.5) is 0 Å². The Bertz CT molecular complexity index is 2600. The van der Waals surface area contributed by atoms with Gasteiger partial charge < -0.3 is 76.3 Å². The molecule has 25 heteroatoms. The van der Waals surface area contributed by atoms with Crippen LogP contribution in [-0.4, -0.2) is 136 Å². The molecule has 25 nitrogen and oxygen atoms in total. The Hall–Kier alpha value is -8.61. The monoisotopic (exact) mass is 1100 g/mol. The van der Waals surface area contributed by atoms with Gasteiger partial charge in [-0.1, -0.05) is 86.6 Å². The SMILES string of the molecule is CC(C)C[C@H](NC(=O)[C@@H](N)Cc1ccc(O)cc1)C(=O)N[C@@H](Cc1ccccc1)C(=O)N[C@@H](CCC(N)=O)C(=O)N1CCC[C@H]1C(=O)N[C@@H](CCC(N)=O)C(=O)N[C@@H](CCCN=C(N)N)C(=O)N[C@@H](Cc1ccccc1)C(N)=O. The van der Waals surface area contributed by atoms with Gasteiger partial charge in [-0.3, -0.25) is 52.9 Å². The number of aromatic hydroxyl groups is 1. The normalized spacial score (nSPS) is 15.6. The van der Waals surface area contributed by atoms with Gasteiger partial charge in [0.2, 0.25) is 59.1 Å². The molecule has 1 aliphatic rings. The molecule has 79 heavy (non-hydrogen) atoms. The third-order valence-corrected chi connectivity index (χ3v) is 13.0. The minimum absolute atomic E-state index is 0.00426. The summed E-state index contributed by atoms with van der Waals surface area (Å²) in [7, 11) is 0. The lowest BCUT2D eigenvalue weighted by molar-refractivity contribution is -0.143. The smallest absolute Gasteiger partial charge is 0.245 e. The Morgan fingerprint density at radius 1 is 0.570 bits per heavy atom. The van der Waals surface area contributed by atoms with Crippen LogP contribution in [0, 0.1) is 5.92 Å². The van der Waals surface area contributed by atoms with Crippen LogP contribution in [0.15, 0.2) is 89.9 Å². The number of hydrogen-bond donors (Lipinski definition) is 13. The Labute approximate surface area is 458 Å². The molecule has 3 aromatic carbocycles. The second-order valence-electron chi connectivity index (χ2n) is 19.9. The highest BCUT2D eigenvalue weighted by Crippen LogP contribution is 2.21. The number of benzene rings is 3. The molecule has 1 fully saturated rings. The largest absolute Gasteiger partial charge is 0.508 e. The average molecular weight is 1100 g/mol. The van der Waals surface area contributed by atoms with Crippen molar-refractivity contribution in [3.05, 3.63) is 102 Å². The van der Waals surface area contributed by atoms with Gasteiger partial charge >= 0.3 is 0 Å². The van der Waals surface area contributed by atoms with Crippen LogP contribution in [0.2, 0.25) is 0 Å². The molecule has 3 aromatic rings. The molecular weight excluding hydrogens is 1020 g/mol. The molecule has 0 radical (unpaired) electrons. The van der Waals surface area contributed by atoms with Gasteiger partial charge in [0.05, 0.1) is 6.04 Å². The van der Waals surface area contributed by atoms with E-state index < -0.39 is 114 Å². The van der Waals surface area contributed by atoms with Crippen molar-refractivity contribution in [1.29, 1.82) is 0 Å². The average Bonchev–Trinajstić information content (AvgIpc) is 3.91. The van der Waals surface area contributed by atoms with Crippen molar-refractivity contribution in [2.24, 2.45) is 45.3 Å². The maximum absolute atomic E-state index is 14.6. The van der Waals surface area contributed by atoms with Crippen molar-refractivity contribution < 1.29 is 53.1 Å². The van der Waals surface area contributed by atoms with E-state index in [0.717, 1.165) is 0 Å². The lowest BCUT2D eigenvalue weighted by Gasteiger charge is -2.31. The molecule has 1 heterocycles. The highest BCUT2D eigenvalue weighted by molar-refractivity contribution is 5.98. The number of phenols is 1. The molecular formula is C54H76N14O11. The van der Waals surface area contributed by atoms with Gasteiger partial charge in [-0.15, -0.1) is 0 Å². The summed E-state index contributed by atoms with van der Waals surface area (Å²) in [5.41, 5.74) is 35.8. The molecule has 4 rings (SSSR count). The van der Waals surface area contributed by atoms with Gasteiger partial charge in [0.1, 0.15) is 48.0 Å². The topological polar surface area (TPSA) is 435 Å². The summed E-state index contributed by atoms with van der Waals surface area (Å²) in [6.07, 6.45) is -0.779. The number of hydrogen-bond acceptors (Lipinski definition) is 13. The number of amides is 10. The lowest BCUT2D eigenvalue weighted by Crippen LogP contribution is -2.60. The zero-order chi connectivity index (χ0) is 58.2. The molecule has 1 saturated heterocycles. The Kier molecular flexibility index (Phi) is 25.1. The van der Waals surface area contributed by atoms with Crippen molar-refractivity contribution >= 4 is 65.0 Å². The van der Waals surface area contributed by atoms with Crippen LogP contribution in [0.25, 0.3) is 0 Å². The summed E-state index contributed by atoms with van der Waals surface area (Å²) in [6, 6.07) is 13.1. The summed E-state index contributed by atoms with van der Waals surface area (Å²) < 4.78 is 0. The second-order valence-corrected chi connectivity index (χ2v) is 19.9. The maximum Gasteiger partial charge on any atom is 0.245 e. The van der Waals surface area contributed by atoms with Crippen LogP contribution < -0.4 is 66.3 Å². The minimum atomic E-state index is -1.51. The number of likely N-dealkylation sites (tertiary alicyclic amines) is 1. The standard InChI is InChI=1S/C54H76N14O11/c1-31(2)27-41(66-47(73)36(55)28-34-17-19-35(69)20-18-34)50(76)67-42(30-33-13-7-4-8-14-33)51(77)64-39(22-24-45(57)71)53(79)68-26-10-16-43(68)52(78)63-38(21-23-44(56)70)49(75)62-37(15-9-25-61-54(59)60)48(74)65-40(46(58)72)29-32-11-5-3-6-12-32/h3-8,11-14,17-20,31,36-43,69H,9-10,15-16,21-30,55H2,1-2H3,(H2,56,70)(H2,57,71)(H2,58,72)(H,62,75)(H,63,78)(H,64,77)(H,65,74)(H,66,73)(H,67,76)(H4,59,60,61)/t36-,37-,38-,39-,40-,41-,42-,43-/m0/s1. The number of nitrogens with two attached hydrogens (primary N) is 6. The first kappa shape index (κ1) is 62.9. The number of rotatable bonds is 32. The minimum Gasteiger partial charge on any atom is -0.508 e. The number of carbonyl (C=O) groups excluding carboxylic acids is 10. The maximum atomic E-state index is 14.6. The molecule has 19 N–H and O–H groups in total. The molecule has 0 aromatic heterocycles. The number of nitrogens with zero attached hydrogens (tertiary/aromatic N) is 2. The summed E-state index contributed by atoms with van der Waals surface area (Å²) in [4.78, 5) is 141. The molecule has 10 amide bonds. The van der Waals surface area contributed by atoms with E-state index in [9.17, 15) is 53.1 Å². The molecule has 0 aliphatic carbocycles. The number of carbonyl (C=O) groups is 10. The van der Waals surface area contributed by atoms with Crippen LogP contribution in [0.5, 0.6) is 5.75 Å². The van der Waals surface area contributed by atoms with Crippen molar-refractivity contribution in [1.82, 2.24) is 36.8 Å². The van der Waals surface area contributed by atoms with Gasteiger partial charge in [0.25, 0.3) is 0 Å². The highest BCUT2D eigenvalue weighted by Gasteiger charge is 2.40. The molecule has 1 aliphatic heterocycles. The summed E-state index contributed by atoms with van der Waals surface area (Å²) in [5, 5.41) is 25.6. The van der Waals surface area contributed by atoms with Crippen LogP contribution in [0.3, 0.4) is 0 Å². The van der Waals surface area contributed by atoms with E-state index in [1.54, 1.807) is 72.8 Å². The zero-order valence-corrected chi connectivity index (χ0v) is 44.6. The lowest BCUT2D eigenvalue weighted by atomic mass is 9.99. The van der Waals surface area contributed by atoms with E-state index in [4.69, 9.17) is 34.4 Å². The van der Waals surface area contributed by atoms with Crippen molar-refractivity contribution in [2.45, 2.75) is 139 Å². The molecule has 428 valence electrons. The van der Waals surface area contributed by atoms with Crippen LogP contribution in [-0.2, 0) is 67.2 Å². The molecule has 0 spiro atoms. The number of guanidine groups is 1. The third kappa shape index (κ3) is 21.7. The first-order chi connectivity index (χ1) is 37.5.